The van der Waals surface area contributed by atoms with Crippen LogP contribution in [0.2, 0.25) is 0 Å². The molecule has 24 heteroatoms. The summed E-state index contributed by atoms with van der Waals surface area (Å²) in [7, 11) is -12.9. The van der Waals surface area contributed by atoms with Crippen LogP contribution in [0.15, 0.2) is 93.5 Å². The Labute approximate surface area is 268 Å². The molecule has 3 nitrogen and oxygen atoms in total. The predicted octanol–water partition coefficient (Wildman–Crippen LogP) is 10.5. The highest BCUT2D eigenvalue weighted by atomic mass is 32.3. The first kappa shape index (κ1) is 41.0. The van der Waals surface area contributed by atoms with Gasteiger partial charge in [-0.2, -0.15) is 83.1 Å². The molecule has 0 saturated heterocycles. The van der Waals surface area contributed by atoms with Gasteiger partial charge in [0.2, 0.25) is 0 Å². The molecule has 0 heterocycles. The van der Waals surface area contributed by atoms with E-state index in [0.29, 0.717) is 48.5 Å². The Bertz CT molecular complexity index is 1730. The molecular formula is C26H13F19O3S2. The topological polar surface area (TPSA) is 43.4 Å². The lowest BCUT2D eigenvalue weighted by Gasteiger charge is -2.43. The minimum absolute atomic E-state index is 0.458. The van der Waals surface area contributed by atoms with Crippen molar-refractivity contribution in [1.29, 1.82) is 0 Å². The van der Waals surface area contributed by atoms with Gasteiger partial charge in [-0.15, -0.1) is 0 Å². The molecule has 50 heavy (non-hydrogen) atoms. The fourth-order valence-corrected chi connectivity index (χ4v) is 9.07. The number of hydrogen-bond donors (Lipinski definition) is 0. The second kappa shape index (κ2) is 12.4. The summed E-state index contributed by atoms with van der Waals surface area (Å²) < 4.78 is 294. The maximum atomic E-state index is 15.2. The number of benzene rings is 3. The van der Waals surface area contributed by atoms with Crippen LogP contribution < -0.4 is 0 Å². The SMILES string of the molecule is O=S(=O)(OS(c1ccccc1)(c1ccc(F)cc1)c1ccc(F)cc1)C(F)(F)C(F)(F)C(F)(F)C(F)(F)C(F)(F)C(F)(F)C(F)(F)C(F)(F)F. The lowest BCUT2D eigenvalue weighted by atomic mass is 9.91. The molecular weight excluding hydrogens is 785 g/mol. The predicted molar refractivity (Wildman–Crippen MR) is 132 cm³/mol. The summed E-state index contributed by atoms with van der Waals surface area (Å²) in [6.45, 7) is 0. The largest absolute Gasteiger partial charge is 0.460 e. The van der Waals surface area contributed by atoms with Crippen LogP contribution in [-0.2, 0) is 13.7 Å². The van der Waals surface area contributed by atoms with Gasteiger partial charge in [-0.1, -0.05) is 18.2 Å². The molecule has 0 aliphatic carbocycles. The normalized spacial score (nSPS) is 15.3. The minimum atomic E-state index is -9.04. The van der Waals surface area contributed by atoms with E-state index >= 15 is 8.78 Å². The standard InChI is InChI=1S/C26H13F19O3S2/c27-14-6-10-17(11-7-14)49(16-4-2-1-3-5-16,18-12-8-15(28)9-13-18)48-50(46,47)26(44,45)24(39,40)22(35,36)20(31,32)19(29,30)21(33,34)23(37,38)25(41,42)43/h1-13H. The average Bonchev–Trinajstić information content (AvgIpc) is 3.00. The van der Waals surface area contributed by atoms with Crippen molar-refractivity contribution in [2.24, 2.45) is 0 Å². The van der Waals surface area contributed by atoms with Crippen LogP contribution in [0.5, 0.6) is 0 Å². The van der Waals surface area contributed by atoms with Gasteiger partial charge < -0.3 is 0 Å². The van der Waals surface area contributed by atoms with Gasteiger partial charge in [-0.25, -0.2) is 12.4 Å². The Morgan fingerprint density at radius 1 is 0.400 bits per heavy atom. The van der Waals surface area contributed by atoms with E-state index < -0.39 is 93.7 Å². The van der Waals surface area contributed by atoms with Crippen molar-refractivity contribution < 1.29 is 95.5 Å². The summed E-state index contributed by atoms with van der Waals surface area (Å²) in [6.07, 6.45) is -7.97. The van der Waals surface area contributed by atoms with Crippen molar-refractivity contribution in [1.82, 2.24) is 0 Å². The summed E-state index contributed by atoms with van der Waals surface area (Å²) in [6, 6.07) is 8.58. The molecule has 3 aromatic rings. The monoisotopic (exact) mass is 798 g/mol. The van der Waals surface area contributed by atoms with Gasteiger partial charge >= 0.3 is 57.1 Å². The second-order valence-electron chi connectivity index (χ2n) is 9.76. The molecule has 0 N–H and O–H groups in total. The molecule has 0 aliphatic rings. The highest BCUT2D eigenvalue weighted by molar-refractivity contribution is 8.33. The maximum Gasteiger partial charge on any atom is 0.460 e. The van der Waals surface area contributed by atoms with Crippen molar-refractivity contribution in [3.63, 3.8) is 0 Å². The molecule has 0 bridgehead atoms. The molecule has 0 saturated carbocycles. The van der Waals surface area contributed by atoms with Crippen LogP contribution in [-0.4, -0.2) is 55.4 Å². The third-order valence-corrected chi connectivity index (χ3v) is 11.8. The molecule has 0 aromatic heterocycles. The first-order valence-corrected chi connectivity index (χ1v) is 15.3. The van der Waals surface area contributed by atoms with Crippen molar-refractivity contribution in [3.05, 3.63) is 90.5 Å². The lowest BCUT2D eigenvalue weighted by Crippen LogP contribution is -2.75. The highest BCUT2D eigenvalue weighted by Gasteiger charge is 2.96. The van der Waals surface area contributed by atoms with Crippen LogP contribution in [0.1, 0.15) is 0 Å². The molecule has 0 aliphatic heterocycles. The van der Waals surface area contributed by atoms with Crippen molar-refractivity contribution >= 4 is 20.4 Å². The molecule has 280 valence electrons. The molecule has 0 unspecified atom stereocenters. The summed E-state index contributed by atoms with van der Waals surface area (Å²) in [4.78, 5) is -2.40. The van der Waals surface area contributed by atoms with Crippen LogP contribution >= 0.6 is 10.3 Å². The Morgan fingerprint density at radius 3 is 1.04 bits per heavy atom. The van der Waals surface area contributed by atoms with Crippen LogP contribution in [0, 0.1) is 11.6 Å². The zero-order chi connectivity index (χ0) is 38.8. The number of halogens is 19. The fourth-order valence-electron chi connectivity index (χ4n) is 3.87. The van der Waals surface area contributed by atoms with Gasteiger partial charge in [0, 0.05) is 14.7 Å². The van der Waals surface area contributed by atoms with Gasteiger partial charge in [-0.3, -0.25) is 0 Å². The third kappa shape index (κ3) is 5.83. The van der Waals surface area contributed by atoms with E-state index in [1.54, 1.807) is 0 Å². The van der Waals surface area contributed by atoms with Gasteiger partial charge in [-0.05, 0) is 71.0 Å². The molecule has 3 aromatic carbocycles. The zero-order valence-corrected chi connectivity index (χ0v) is 24.9. The lowest BCUT2D eigenvalue weighted by molar-refractivity contribution is -0.458. The van der Waals surface area contributed by atoms with Crippen molar-refractivity contribution in [3.8, 4) is 0 Å². The quantitative estimate of drug-likeness (QED) is 0.172. The summed E-state index contributed by atoms with van der Waals surface area (Å²) in [5.74, 6) is -55.1. The summed E-state index contributed by atoms with van der Waals surface area (Å²) in [5.41, 5.74) is 0. The van der Waals surface area contributed by atoms with Gasteiger partial charge in [0.05, 0.1) is 0 Å². The summed E-state index contributed by atoms with van der Waals surface area (Å²) in [5, 5.41) is -8.00. The number of alkyl halides is 17. The molecule has 0 radical (unpaired) electrons. The van der Waals surface area contributed by atoms with E-state index in [9.17, 15) is 83.1 Å². The Balaban J connectivity index is 2.32. The van der Waals surface area contributed by atoms with Gasteiger partial charge in [0.1, 0.15) is 11.6 Å². The Kier molecular flexibility index (Phi) is 10.2. The smallest absolute Gasteiger partial charge is 0.207 e. The van der Waals surface area contributed by atoms with E-state index in [1.165, 1.54) is 0 Å². The van der Waals surface area contributed by atoms with Crippen LogP contribution in [0.25, 0.3) is 0 Å². The molecule has 0 spiro atoms. The molecule has 0 atom stereocenters. The van der Waals surface area contributed by atoms with E-state index in [1.807, 2.05) is 0 Å². The molecule has 0 fully saturated rings. The van der Waals surface area contributed by atoms with E-state index in [2.05, 4.69) is 3.63 Å². The van der Waals surface area contributed by atoms with E-state index in [4.69, 9.17) is 0 Å². The van der Waals surface area contributed by atoms with Crippen molar-refractivity contribution in [2.75, 3.05) is 0 Å². The first-order chi connectivity index (χ1) is 22.3. The van der Waals surface area contributed by atoms with Gasteiger partial charge in [0.15, 0.2) is 0 Å². The minimum Gasteiger partial charge on any atom is -0.207 e. The van der Waals surface area contributed by atoms with Crippen LogP contribution in [0.4, 0.5) is 83.4 Å². The number of hydrogen-bond acceptors (Lipinski definition) is 3. The summed E-state index contributed by atoms with van der Waals surface area (Å²) >= 11 is 0. The Morgan fingerprint density at radius 2 is 0.700 bits per heavy atom. The molecule has 0 amide bonds. The zero-order valence-electron chi connectivity index (χ0n) is 23.2. The number of rotatable bonds is 12. The van der Waals surface area contributed by atoms with Gasteiger partial charge in [0.25, 0.3) is 0 Å². The first-order valence-electron chi connectivity index (χ1n) is 12.4. The Hall–Kier alpha value is -3.41. The third-order valence-electron chi connectivity index (χ3n) is 6.57. The van der Waals surface area contributed by atoms with Crippen molar-refractivity contribution in [2.45, 2.75) is 61.7 Å². The van der Waals surface area contributed by atoms with E-state index in [-0.39, 0.29) is 0 Å². The maximum absolute atomic E-state index is 15.2. The highest BCUT2D eigenvalue weighted by Crippen LogP contribution is 2.72. The second-order valence-corrected chi connectivity index (χ2v) is 14.3. The van der Waals surface area contributed by atoms with Crippen LogP contribution in [0.3, 0.4) is 0 Å². The average molecular weight is 798 g/mol. The molecule has 3 rings (SSSR count). The van der Waals surface area contributed by atoms with E-state index in [0.717, 1.165) is 30.3 Å². The fraction of sp³-hybridized carbons (Fsp3) is 0.308.